The molecule has 95 heavy (non-hydrogen) atoms. The Morgan fingerprint density at radius 1 is 0.305 bits per heavy atom. The van der Waals surface area contributed by atoms with Crippen molar-refractivity contribution in [2.45, 2.75) is 413 Å². The average Bonchev–Trinajstić information content (AvgIpc) is 1.65. The summed E-state index contributed by atoms with van der Waals surface area (Å²) in [5.41, 5.74) is 0. The molecule has 0 amide bonds. The molecule has 0 aromatic rings. The van der Waals surface area contributed by atoms with Crippen molar-refractivity contribution in [1.29, 1.82) is 0 Å². The molecule has 19 heteroatoms. The molecule has 0 saturated carbocycles. The Morgan fingerprint density at radius 3 is 0.800 bits per heavy atom. The number of carbonyl (C=O) groups excluding carboxylic acids is 4. The van der Waals surface area contributed by atoms with Gasteiger partial charge in [0, 0.05) is 25.7 Å². The molecule has 3 N–H and O–H groups in total. The molecular weight excluding hydrogens is 1250 g/mol. The van der Waals surface area contributed by atoms with Crippen molar-refractivity contribution in [3.8, 4) is 0 Å². The SMILES string of the molecule is CCCCCCCCCCCCCC(=O)O[C@H](COC(=O)CCCCCCCCCCC)COP(=O)(O)OC[C@H](O)COP(=O)(O)OC[C@@H](COC(=O)CCCCCCCCCCCCCCCCC(C)C)OC(=O)CCCCCCCCCCCCCCCCC(C)CC. The van der Waals surface area contributed by atoms with E-state index >= 15 is 0 Å². The van der Waals surface area contributed by atoms with Crippen LogP contribution in [0.5, 0.6) is 0 Å². The standard InChI is InChI=1S/C76H148O17P2/c1-7-10-12-14-16-18-27-36-42-48-54-60-75(80)92-71(64-86-73(78)58-52-46-40-32-17-15-13-11-8-2)66-90-94(82,83)88-62-70(77)63-89-95(84,85)91-67-72(65-87-74(79)59-53-47-41-35-30-25-21-19-23-28-33-38-44-50-56-68(4)5)93-76(81)61-55-49-43-37-31-26-22-20-24-29-34-39-45-51-57-69(6)9-3/h68-72,77H,7-67H2,1-6H3,(H,82,83)(H,84,85)/t69?,70-,71+,72+/m0/s1. The van der Waals surface area contributed by atoms with Gasteiger partial charge < -0.3 is 33.8 Å². The van der Waals surface area contributed by atoms with Crippen LogP contribution in [0.15, 0.2) is 0 Å². The lowest BCUT2D eigenvalue weighted by molar-refractivity contribution is -0.161. The summed E-state index contributed by atoms with van der Waals surface area (Å²) in [5, 5.41) is 10.6. The van der Waals surface area contributed by atoms with Crippen LogP contribution >= 0.6 is 15.6 Å². The fourth-order valence-electron chi connectivity index (χ4n) is 11.6. The Labute approximate surface area is 581 Å². The molecule has 564 valence electrons. The molecule has 0 bridgehead atoms. The zero-order valence-electron chi connectivity index (χ0n) is 62.0. The number of hydrogen-bond donors (Lipinski definition) is 3. The summed E-state index contributed by atoms with van der Waals surface area (Å²) in [6, 6.07) is 0. The number of rotatable bonds is 75. The third kappa shape index (κ3) is 69.0. The zero-order chi connectivity index (χ0) is 70.0. The second kappa shape index (κ2) is 67.9. The lowest BCUT2D eigenvalue weighted by atomic mass is 9.99. The Balaban J connectivity index is 5.22. The predicted octanol–water partition coefficient (Wildman–Crippen LogP) is 22.3. The molecule has 0 radical (unpaired) electrons. The zero-order valence-corrected chi connectivity index (χ0v) is 63.8. The van der Waals surface area contributed by atoms with Gasteiger partial charge in [0.15, 0.2) is 12.2 Å². The summed E-state index contributed by atoms with van der Waals surface area (Å²) in [6.07, 6.45) is 55.4. The lowest BCUT2D eigenvalue weighted by Gasteiger charge is -2.21. The number of hydrogen-bond acceptors (Lipinski definition) is 15. The highest BCUT2D eigenvalue weighted by Crippen LogP contribution is 2.45. The maximum Gasteiger partial charge on any atom is 0.472 e. The van der Waals surface area contributed by atoms with E-state index in [1.807, 2.05) is 0 Å². The second-order valence-electron chi connectivity index (χ2n) is 28.1. The van der Waals surface area contributed by atoms with Crippen molar-refractivity contribution in [2.75, 3.05) is 39.6 Å². The highest BCUT2D eigenvalue weighted by Gasteiger charge is 2.30. The molecule has 0 saturated heterocycles. The molecule has 0 spiro atoms. The van der Waals surface area contributed by atoms with Crippen LogP contribution in [0.1, 0.15) is 395 Å². The Hall–Kier alpha value is -1.94. The van der Waals surface area contributed by atoms with Gasteiger partial charge in [-0.3, -0.25) is 37.3 Å². The number of phosphoric acid groups is 2. The lowest BCUT2D eigenvalue weighted by Crippen LogP contribution is -2.30. The minimum Gasteiger partial charge on any atom is -0.462 e. The largest absolute Gasteiger partial charge is 0.472 e. The van der Waals surface area contributed by atoms with E-state index in [0.717, 1.165) is 102 Å². The molecule has 0 aromatic heterocycles. The molecule has 0 aliphatic heterocycles. The van der Waals surface area contributed by atoms with Gasteiger partial charge in [-0.25, -0.2) is 9.13 Å². The maximum absolute atomic E-state index is 13.1. The van der Waals surface area contributed by atoms with Crippen molar-refractivity contribution in [1.82, 2.24) is 0 Å². The summed E-state index contributed by atoms with van der Waals surface area (Å²) in [4.78, 5) is 72.7. The number of phosphoric ester groups is 2. The van der Waals surface area contributed by atoms with Crippen LogP contribution < -0.4 is 0 Å². The van der Waals surface area contributed by atoms with Crippen molar-refractivity contribution in [3.05, 3.63) is 0 Å². The van der Waals surface area contributed by atoms with Gasteiger partial charge in [0.25, 0.3) is 0 Å². The second-order valence-corrected chi connectivity index (χ2v) is 31.0. The fourth-order valence-corrected chi connectivity index (χ4v) is 13.2. The van der Waals surface area contributed by atoms with E-state index < -0.39 is 97.5 Å². The average molecular weight is 1400 g/mol. The monoisotopic (exact) mass is 1400 g/mol. The van der Waals surface area contributed by atoms with Gasteiger partial charge >= 0.3 is 39.5 Å². The van der Waals surface area contributed by atoms with Crippen molar-refractivity contribution in [2.24, 2.45) is 11.8 Å². The summed E-state index contributed by atoms with van der Waals surface area (Å²) in [7, 11) is -9.91. The minimum atomic E-state index is -4.96. The van der Waals surface area contributed by atoms with Crippen LogP contribution in [-0.2, 0) is 65.4 Å². The third-order valence-electron chi connectivity index (χ3n) is 18.1. The predicted molar refractivity (Wildman–Crippen MR) is 386 cm³/mol. The van der Waals surface area contributed by atoms with Crippen LogP contribution in [-0.4, -0.2) is 96.7 Å². The first-order chi connectivity index (χ1) is 45.9. The number of aliphatic hydroxyl groups is 1. The molecular formula is C76H148O17P2. The number of aliphatic hydroxyl groups excluding tert-OH is 1. The van der Waals surface area contributed by atoms with Gasteiger partial charge in [0.1, 0.15) is 19.3 Å². The molecule has 0 heterocycles. The summed E-state index contributed by atoms with van der Waals surface area (Å²) in [5.74, 6) is -0.470. The first-order valence-electron chi connectivity index (χ1n) is 39.5. The number of esters is 4. The van der Waals surface area contributed by atoms with E-state index in [1.165, 1.54) is 212 Å². The highest BCUT2D eigenvalue weighted by molar-refractivity contribution is 7.47. The van der Waals surface area contributed by atoms with Gasteiger partial charge in [0.2, 0.25) is 0 Å². The third-order valence-corrected chi connectivity index (χ3v) is 20.0. The fraction of sp³-hybridized carbons (Fsp3) is 0.947. The maximum atomic E-state index is 13.1. The summed E-state index contributed by atoms with van der Waals surface area (Å²) >= 11 is 0. The topological polar surface area (TPSA) is 237 Å². The smallest absolute Gasteiger partial charge is 0.462 e. The normalized spacial score (nSPS) is 14.3. The van der Waals surface area contributed by atoms with Crippen molar-refractivity contribution >= 4 is 39.5 Å². The number of unbranched alkanes of at least 4 members (excludes halogenated alkanes) is 44. The van der Waals surface area contributed by atoms with Crippen LogP contribution in [0.25, 0.3) is 0 Å². The summed E-state index contributed by atoms with van der Waals surface area (Å²) < 4.78 is 68.5. The van der Waals surface area contributed by atoms with Crippen LogP contribution in [0.4, 0.5) is 0 Å². The Morgan fingerprint density at radius 2 is 0.537 bits per heavy atom. The molecule has 0 rings (SSSR count). The molecule has 0 fully saturated rings. The number of ether oxygens (including phenoxy) is 4. The number of carbonyl (C=O) groups is 4. The van der Waals surface area contributed by atoms with Gasteiger partial charge in [0.05, 0.1) is 26.4 Å². The Bertz CT molecular complexity index is 1840. The first kappa shape index (κ1) is 93.1. The van der Waals surface area contributed by atoms with E-state index in [4.69, 9.17) is 37.0 Å². The molecule has 6 atom stereocenters. The van der Waals surface area contributed by atoms with Crippen LogP contribution in [0.3, 0.4) is 0 Å². The minimum absolute atomic E-state index is 0.107. The van der Waals surface area contributed by atoms with E-state index in [1.54, 1.807) is 0 Å². The molecule has 17 nitrogen and oxygen atoms in total. The van der Waals surface area contributed by atoms with E-state index in [0.29, 0.717) is 25.7 Å². The van der Waals surface area contributed by atoms with Crippen molar-refractivity contribution in [3.63, 3.8) is 0 Å². The van der Waals surface area contributed by atoms with Gasteiger partial charge in [-0.2, -0.15) is 0 Å². The van der Waals surface area contributed by atoms with Gasteiger partial charge in [-0.15, -0.1) is 0 Å². The highest BCUT2D eigenvalue weighted by atomic mass is 31.2. The first-order valence-corrected chi connectivity index (χ1v) is 42.5. The van der Waals surface area contributed by atoms with E-state index in [9.17, 15) is 43.2 Å². The Kier molecular flexibility index (Phi) is 66.5. The van der Waals surface area contributed by atoms with E-state index in [-0.39, 0.29) is 25.7 Å². The van der Waals surface area contributed by atoms with Crippen LogP contribution in [0.2, 0.25) is 0 Å². The van der Waals surface area contributed by atoms with Crippen LogP contribution in [0, 0.1) is 11.8 Å². The molecule has 0 aliphatic carbocycles. The van der Waals surface area contributed by atoms with Gasteiger partial charge in [-0.1, -0.05) is 343 Å². The molecule has 0 aliphatic rings. The molecule has 0 aromatic carbocycles. The quantitative estimate of drug-likeness (QED) is 0.0222. The summed E-state index contributed by atoms with van der Waals surface area (Å²) in [6.45, 7) is 9.66. The van der Waals surface area contributed by atoms with Crippen molar-refractivity contribution < 1.29 is 80.2 Å². The van der Waals surface area contributed by atoms with E-state index in [2.05, 4.69) is 41.5 Å². The van der Waals surface area contributed by atoms with Gasteiger partial charge in [-0.05, 0) is 37.5 Å². The molecule has 3 unspecified atom stereocenters.